The van der Waals surface area contributed by atoms with Gasteiger partial charge in [0.25, 0.3) is 5.91 Å². The van der Waals surface area contributed by atoms with Crippen LogP contribution in [0.2, 0.25) is 0 Å². The van der Waals surface area contributed by atoms with Gasteiger partial charge in [-0.15, -0.1) is 0 Å². The molecule has 2 rings (SSSR count). The molecule has 130 valence electrons. The van der Waals surface area contributed by atoms with E-state index in [4.69, 9.17) is 0 Å². The fraction of sp³-hybridized carbons (Fsp3) is 0.474. The summed E-state index contributed by atoms with van der Waals surface area (Å²) < 4.78 is 0. The smallest absolute Gasteiger partial charge is 0.290 e. The summed E-state index contributed by atoms with van der Waals surface area (Å²) in [5.41, 5.74) is 1.08. The first kappa shape index (κ1) is 18.2. The third kappa shape index (κ3) is 3.51. The number of benzene rings is 1. The van der Waals surface area contributed by atoms with Gasteiger partial charge < -0.3 is 14.9 Å². The van der Waals surface area contributed by atoms with Gasteiger partial charge in [0.2, 0.25) is 0 Å². The third-order valence-electron chi connectivity index (χ3n) is 4.59. The molecule has 24 heavy (non-hydrogen) atoms. The van der Waals surface area contributed by atoms with Gasteiger partial charge in [-0.1, -0.05) is 51.1 Å². The van der Waals surface area contributed by atoms with Crippen molar-refractivity contribution in [1.29, 1.82) is 0 Å². The van der Waals surface area contributed by atoms with Gasteiger partial charge in [0.1, 0.15) is 0 Å². The highest BCUT2D eigenvalue weighted by Crippen LogP contribution is 2.37. The van der Waals surface area contributed by atoms with Gasteiger partial charge in [0.15, 0.2) is 11.5 Å². The number of nitrogens with zero attached hydrogens (tertiary/aromatic N) is 2. The number of ketones is 1. The number of carbonyl (C=O) groups is 2. The number of rotatable bonds is 8. The van der Waals surface area contributed by atoms with Crippen LogP contribution >= 0.6 is 0 Å². The number of Topliss-reactive ketones (excluding diaryl/α,β-unsaturated/α-hetero) is 1. The molecule has 1 unspecified atom stereocenters. The summed E-state index contributed by atoms with van der Waals surface area (Å²) in [5, 5.41) is 10.3. The maximum Gasteiger partial charge on any atom is 0.290 e. The quantitative estimate of drug-likeness (QED) is 0.796. The normalized spacial score (nSPS) is 17.9. The predicted octanol–water partition coefficient (Wildman–Crippen LogP) is 2.70. The lowest BCUT2D eigenvalue weighted by atomic mass is 9.95. The first-order valence-corrected chi connectivity index (χ1v) is 8.59. The van der Waals surface area contributed by atoms with Crippen molar-refractivity contribution in [2.24, 2.45) is 0 Å². The largest absolute Gasteiger partial charge is 0.503 e. The molecule has 1 N–H and O–H groups in total. The van der Waals surface area contributed by atoms with Crippen molar-refractivity contribution in [3.8, 4) is 0 Å². The number of aliphatic hydroxyl groups is 1. The molecule has 0 aliphatic carbocycles. The van der Waals surface area contributed by atoms with E-state index in [2.05, 4.69) is 18.7 Å². The fourth-order valence-electron chi connectivity index (χ4n) is 3.13. The van der Waals surface area contributed by atoms with Crippen molar-refractivity contribution in [1.82, 2.24) is 9.80 Å². The van der Waals surface area contributed by atoms with Gasteiger partial charge in [-0.25, -0.2) is 0 Å². The van der Waals surface area contributed by atoms with Crippen LogP contribution in [0.15, 0.2) is 41.7 Å². The molecule has 0 saturated heterocycles. The Kier molecular flexibility index (Phi) is 6.15. The summed E-state index contributed by atoms with van der Waals surface area (Å²) in [5.74, 6) is -1.02. The standard InChI is InChI=1S/C19H26N2O3/c1-4-15(22)16-17(14-10-8-7-9-11-14)21(19(24)18(16)23)13-12-20(5-2)6-3/h7-11,17,23H,4-6,12-13H2,1-3H3. The Morgan fingerprint density at radius 2 is 1.79 bits per heavy atom. The Balaban J connectivity index is 2.35. The van der Waals surface area contributed by atoms with Crippen molar-refractivity contribution >= 4 is 11.7 Å². The van der Waals surface area contributed by atoms with Crippen LogP contribution in [0, 0.1) is 0 Å². The molecular formula is C19H26N2O3. The lowest BCUT2D eigenvalue weighted by Gasteiger charge is -2.29. The summed E-state index contributed by atoms with van der Waals surface area (Å²) in [7, 11) is 0. The van der Waals surface area contributed by atoms with E-state index < -0.39 is 17.7 Å². The van der Waals surface area contributed by atoms with Gasteiger partial charge in [-0.05, 0) is 18.7 Å². The molecule has 5 nitrogen and oxygen atoms in total. The van der Waals surface area contributed by atoms with E-state index in [1.807, 2.05) is 30.3 Å². The lowest BCUT2D eigenvalue weighted by Crippen LogP contribution is -2.38. The number of carbonyl (C=O) groups excluding carboxylic acids is 2. The first-order chi connectivity index (χ1) is 11.5. The lowest BCUT2D eigenvalue weighted by molar-refractivity contribution is -0.129. The molecule has 1 amide bonds. The Morgan fingerprint density at radius 3 is 2.33 bits per heavy atom. The predicted molar refractivity (Wildman–Crippen MR) is 93.6 cm³/mol. The van der Waals surface area contributed by atoms with E-state index in [9.17, 15) is 14.7 Å². The van der Waals surface area contributed by atoms with Gasteiger partial charge in [-0.3, -0.25) is 9.59 Å². The minimum Gasteiger partial charge on any atom is -0.503 e. The van der Waals surface area contributed by atoms with Crippen LogP contribution in [-0.4, -0.2) is 52.8 Å². The van der Waals surface area contributed by atoms with Crippen LogP contribution in [0.5, 0.6) is 0 Å². The fourth-order valence-corrected chi connectivity index (χ4v) is 3.13. The van der Waals surface area contributed by atoms with Crippen molar-refractivity contribution in [3.63, 3.8) is 0 Å². The van der Waals surface area contributed by atoms with Crippen molar-refractivity contribution < 1.29 is 14.7 Å². The molecule has 5 heteroatoms. The minimum atomic E-state index is -0.498. The maximum absolute atomic E-state index is 12.6. The van der Waals surface area contributed by atoms with Crippen LogP contribution in [0.4, 0.5) is 0 Å². The summed E-state index contributed by atoms with van der Waals surface area (Å²) >= 11 is 0. The zero-order chi connectivity index (χ0) is 17.7. The molecule has 0 spiro atoms. The summed E-state index contributed by atoms with van der Waals surface area (Å²) in [4.78, 5) is 28.7. The number of likely N-dealkylation sites (N-methyl/N-ethyl adjacent to an activating group) is 1. The van der Waals surface area contributed by atoms with E-state index in [-0.39, 0.29) is 17.8 Å². The highest BCUT2D eigenvalue weighted by Gasteiger charge is 2.42. The highest BCUT2D eigenvalue weighted by atomic mass is 16.3. The van der Waals surface area contributed by atoms with Gasteiger partial charge >= 0.3 is 0 Å². The van der Waals surface area contributed by atoms with Crippen LogP contribution in [-0.2, 0) is 9.59 Å². The second-order valence-corrected chi connectivity index (χ2v) is 5.88. The number of amides is 1. The van der Waals surface area contributed by atoms with E-state index in [1.54, 1.807) is 11.8 Å². The monoisotopic (exact) mass is 330 g/mol. The maximum atomic E-state index is 12.6. The second kappa shape index (κ2) is 8.11. The summed E-state index contributed by atoms with van der Waals surface area (Å²) in [6, 6.07) is 8.94. The first-order valence-electron chi connectivity index (χ1n) is 8.59. The molecule has 1 atom stereocenters. The van der Waals surface area contributed by atoms with Crippen LogP contribution in [0.1, 0.15) is 38.8 Å². The summed E-state index contributed by atoms with van der Waals surface area (Å²) in [6.07, 6.45) is 0.264. The van der Waals surface area contributed by atoms with Crippen LogP contribution in [0.25, 0.3) is 0 Å². The molecular weight excluding hydrogens is 304 g/mol. The van der Waals surface area contributed by atoms with Crippen molar-refractivity contribution in [2.45, 2.75) is 33.2 Å². The molecule has 1 aliphatic heterocycles. The SMILES string of the molecule is CCC(=O)C1=C(O)C(=O)N(CCN(CC)CC)C1c1ccccc1. The summed E-state index contributed by atoms with van der Waals surface area (Å²) in [6.45, 7) is 8.88. The number of hydrogen-bond donors (Lipinski definition) is 1. The third-order valence-corrected chi connectivity index (χ3v) is 4.59. The highest BCUT2D eigenvalue weighted by molar-refractivity contribution is 6.08. The molecule has 0 fully saturated rings. The van der Waals surface area contributed by atoms with Gasteiger partial charge in [0.05, 0.1) is 11.6 Å². The van der Waals surface area contributed by atoms with E-state index >= 15 is 0 Å². The zero-order valence-electron chi connectivity index (χ0n) is 14.7. The molecule has 1 heterocycles. The van der Waals surface area contributed by atoms with Crippen LogP contribution in [0.3, 0.4) is 0 Å². The topological polar surface area (TPSA) is 60.9 Å². The second-order valence-electron chi connectivity index (χ2n) is 5.88. The van der Waals surface area contributed by atoms with Gasteiger partial charge in [0, 0.05) is 19.5 Å². The molecule has 0 bridgehead atoms. The Labute approximate surface area is 143 Å². The molecule has 1 aromatic rings. The number of aliphatic hydroxyl groups excluding tert-OH is 1. The van der Waals surface area contributed by atoms with Crippen LogP contribution < -0.4 is 0 Å². The average molecular weight is 330 g/mol. The Morgan fingerprint density at radius 1 is 1.17 bits per heavy atom. The molecule has 0 radical (unpaired) electrons. The number of hydrogen-bond acceptors (Lipinski definition) is 4. The minimum absolute atomic E-state index is 0.181. The Bertz CT molecular complexity index is 621. The average Bonchev–Trinajstić information content (AvgIpc) is 2.87. The van der Waals surface area contributed by atoms with E-state index in [0.29, 0.717) is 13.1 Å². The van der Waals surface area contributed by atoms with E-state index in [1.165, 1.54) is 0 Å². The molecule has 0 aromatic heterocycles. The molecule has 0 saturated carbocycles. The zero-order valence-corrected chi connectivity index (χ0v) is 14.7. The molecule has 1 aromatic carbocycles. The Hall–Kier alpha value is -2.14. The van der Waals surface area contributed by atoms with E-state index in [0.717, 1.165) is 18.7 Å². The molecule has 1 aliphatic rings. The van der Waals surface area contributed by atoms with Gasteiger partial charge in [-0.2, -0.15) is 0 Å². The van der Waals surface area contributed by atoms with Crippen molar-refractivity contribution in [2.75, 3.05) is 26.2 Å². The van der Waals surface area contributed by atoms with Crippen molar-refractivity contribution in [3.05, 3.63) is 47.2 Å².